The van der Waals surface area contributed by atoms with E-state index in [4.69, 9.17) is 0 Å². The van der Waals surface area contributed by atoms with Crippen molar-refractivity contribution in [3.05, 3.63) is 0 Å². The second-order valence-electron chi connectivity index (χ2n) is 4.18. The van der Waals surface area contributed by atoms with E-state index in [-0.39, 0.29) is 6.04 Å². The first-order valence-electron chi connectivity index (χ1n) is 4.84. The van der Waals surface area contributed by atoms with Crippen molar-refractivity contribution < 1.29 is 4.79 Å². The van der Waals surface area contributed by atoms with Crippen LogP contribution < -0.4 is 0 Å². The van der Waals surface area contributed by atoms with Gasteiger partial charge in [-0.15, -0.1) is 0 Å². The van der Waals surface area contributed by atoms with Crippen molar-refractivity contribution in [2.24, 2.45) is 5.92 Å². The molecule has 0 spiro atoms. The first-order chi connectivity index (χ1) is 5.61. The molecule has 12 heavy (non-hydrogen) atoms. The molecule has 1 atom stereocenters. The van der Waals surface area contributed by atoms with Crippen LogP contribution in [-0.4, -0.2) is 30.3 Å². The van der Waals surface area contributed by atoms with Gasteiger partial charge >= 0.3 is 0 Å². The van der Waals surface area contributed by atoms with Gasteiger partial charge in [-0.2, -0.15) is 0 Å². The van der Waals surface area contributed by atoms with E-state index in [1.54, 1.807) is 0 Å². The highest BCUT2D eigenvalue weighted by atomic mass is 16.1. The van der Waals surface area contributed by atoms with Crippen LogP contribution in [0.15, 0.2) is 0 Å². The molecular weight excluding hydrogens is 150 g/mol. The maximum atomic E-state index is 11.4. The fourth-order valence-corrected chi connectivity index (χ4v) is 1.73. The molecule has 0 aliphatic carbocycles. The zero-order valence-corrected chi connectivity index (χ0v) is 8.34. The molecular formula is C10H19NO. The van der Waals surface area contributed by atoms with Gasteiger partial charge in [-0.05, 0) is 25.8 Å². The first-order valence-corrected chi connectivity index (χ1v) is 4.84. The molecule has 1 heterocycles. The number of nitrogens with zero attached hydrogens (tertiary/aromatic N) is 1. The molecule has 0 aromatic heterocycles. The SMILES string of the molecule is CC(C)CCC1C(=O)CCN1C. The number of hydrogen-bond acceptors (Lipinski definition) is 2. The summed E-state index contributed by atoms with van der Waals surface area (Å²) in [7, 11) is 2.05. The molecule has 0 aromatic carbocycles. The molecule has 1 aliphatic heterocycles. The molecule has 1 unspecified atom stereocenters. The van der Waals surface area contributed by atoms with Crippen molar-refractivity contribution in [2.45, 2.75) is 39.2 Å². The average molecular weight is 169 g/mol. The minimum Gasteiger partial charge on any atom is -0.298 e. The Morgan fingerprint density at radius 2 is 2.25 bits per heavy atom. The monoisotopic (exact) mass is 169 g/mol. The molecule has 0 amide bonds. The lowest BCUT2D eigenvalue weighted by molar-refractivity contribution is -0.119. The van der Waals surface area contributed by atoms with E-state index in [2.05, 4.69) is 25.8 Å². The third kappa shape index (κ3) is 2.31. The van der Waals surface area contributed by atoms with Crippen molar-refractivity contribution in [3.63, 3.8) is 0 Å². The van der Waals surface area contributed by atoms with E-state index >= 15 is 0 Å². The van der Waals surface area contributed by atoms with Crippen LogP contribution in [0.2, 0.25) is 0 Å². The highest BCUT2D eigenvalue weighted by Gasteiger charge is 2.28. The van der Waals surface area contributed by atoms with E-state index in [0.717, 1.165) is 19.4 Å². The number of carbonyl (C=O) groups is 1. The molecule has 2 heteroatoms. The topological polar surface area (TPSA) is 20.3 Å². The molecule has 0 radical (unpaired) electrons. The summed E-state index contributed by atoms with van der Waals surface area (Å²) in [4.78, 5) is 13.5. The average Bonchev–Trinajstić information content (AvgIpc) is 2.28. The summed E-state index contributed by atoms with van der Waals surface area (Å²) in [6.07, 6.45) is 2.98. The predicted molar refractivity (Wildman–Crippen MR) is 50.1 cm³/mol. The second-order valence-corrected chi connectivity index (χ2v) is 4.18. The van der Waals surface area contributed by atoms with Crippen LogP contribution >= 0.6 is 0 Å². The van der Waals surface area contributed by atoms with Crippen LogP contribution in [0.25, 0.3) is 0 Å². The van der Waals surface area contributed by atoms with Crippen LogP contribution in [-0.2, 0) is 4.79 Å². The summed E-state index contributed by atoms with van der Waals surface area (Å²) in [5.41, 5.74) is 0. The van der Waals surface area contributed by atoms with Gasteiger partial charge in [0.1, 0.15) is 0 Å². The Morgan fingerprint density at radius 3 is 2.67 bits per heavy atom. The molecule has 1 rings (SSSR count). The Hall–Kier alpha value is -0.370. The standard InChI is InChI=1S/C10H19NO/c1-8(2)4-5-9-10(12)6-7-11(9)3/h8-9H,4-7H2,1-3H3. The van der Waals surface area contributed by atoms with Crippen LogP contribution in [0.4, 0.5) is 0 Å². The van der Waals surface area contributed by atoms with Crippen LogP contribution in [0.5, 0.6) is 0 Å². The van der Waals surface area contributed by atoms with Crippen molar-refractivity contribution in [2.75, 3.05) is 13.6 Å². The third-order valence-electron chi connectivity index (χ3n) is 2.63. The maximum Gasteiger partial charge on any atom is 0.151 e. The van der Waals surface area contributed by atoms with Gasteiger partial charge < -0.3 is 0 Å². The van der Waals surface area contributed by atoms with Crippen molar-refractivity contribution >= 4 is 5.78 Å². The fraction of sp³-hybridized carbons (Fsp3) is 0.900. The van der Waals surface area contributed by atoms with Crippen LogP contribution in [0, 0.1) is 5.92 Å². The smallest absolute Gasteiger partial charge is 0.151 e. The van der Waals surface area contributed by atoms with Gasteiger partial charge in [-0.1, -0.05) is 13.8 Å². The normalized spacial score (nSPS) is 25.7. The summed E-state index contributed by atoms with van der Waals surface area (Å²) in [5, 5.41) is 0. The minimum absolute atomic E-state index is 0.229. The predicted octanol–water partition coefficient (Wildman–Crippen LogP) is 1.70. The quantitative estimate of drug-likeness (QED) is 0.641. The summed E-state index contributed by atoms with van der Waals surface area (Å²) in [6, 6.07) is 0.229. The van der Waals surface area contributed by atoms with Gasteiger partial charge in [0.05, 0.1) is 6.04 Å². The Balaban J connectivity index is 2.34. The van der Waals surface area contributed by atoms with E-state index in [0.29, 0.717) is 11.7 Å². The molecule has 1 saturated heterocycles. The highest BCUT2D eigenvalue weighted by Crippen LogP contribution is 2.18. The number of hydrogen-bond donors (Lipinski definition) is 0. The van der Waals surface area contributed by atoms with Gasteiger partial charge in [0.2, 0.25) is 0 Å². The Morgan fingerprint density at radius 1 is 1.58 bits per heavy atom. The summed E-state index contributed by atoms with van der Waals surface area (Å²) >= 11 is 0. The second kappa shape index (κ2) is 4.04. The fourth-order valence-electron chi connectivity index (χ4n) is 1.73. The lowest BCUT2D eigenvalue weighted by Crippen LogP contribution is -2.29. The minimum atomic E-state index is 0.229. The number of Topliss-reactive ketones (excluding diaryl/α,β-unsaturated/α-hetero) is 1. The number of ketones is 1. The zero-order chi connectivity index (χ0) is 9.14. The lowest BCUT2D eigenvalue weighted by Gasteiger charge is -2.18. The number of likely N-dealkylation sites (N-methyl/N-ethyl adjacent to an activating group) is 1. The molecule has 70 valence electrons. The van der Waals surface area contributed by atoms with Crippen molar-refractivity contribution in [3.8, 4) is 0 Å². The molecule has 0 N–H and O–H groups in total. The van der Waals surface area contributed by atoms with Crippen molar-refractivity contribution in [1.29, 1.82) is 0 Å². The van der Waals surface area contributed by atoms with Crippen LogP contribution in [0.3, 0.4) is 0 Å². The van der Waals surface area contributed by atoms with Gasteiger partial charge in [0.15, 0.2) is 5.78 Å². The van der Waals surface area contributed by atoms with Gasteiger partial charge in [-0.3, -0.25) is 9.69 Å². The number of rotatable bonds is 3. The van der Waals surface area contributed by atoms with Crippen molar-refractivity contribution in [1.82, 2.24) is 4.90 Å². The van der Waals surface area contributed by atoms with E-state index in [9.17, 15) is 4.79 Å². The number of likely N-dealkylation sites (tertiary alicyclic amines) is 1. The number of carbonyl (C=O) groups excluding carboxylic acids is 1. The molecule has 0 aromatic rings. The van der Waals surface area contributed by atoms with Crippen LogP contribution in [0.1, 0.15) is 33.1 Å². The summed E-state index contributed by atoms with van der Waals surface area (Å²) < 4.78 is 0. The first kappa shape index (κ1) is 9.72. The Kier molecular flexibility index (Phi) is 3.27. The molecule has 2 nitrogen and oxygen atoms in total. The van der Waals surface area contributed by atoms with E-state index in [1.165, 1.54) is 6.42 Å². The van der Waals surface area contributed by atoms with Gasteiger partial charge in [0.25, 0.3) is 0 Å². The molecule has 1 aliphatic rings. The molecule has 0 saturated carbocycles. The highest BCUT2D eigenvalue weighted by molar-refractivity contribution is 5.86. The zero-order valence-electron chi connectivity index (χ0n) is 8.34. The summed E-state index contributed by atoms with van der Waals surface area (Å²) in [6.45, 7) is 5.38. The Labute approximate surface area is 74.9 Å². The lowest BCUT2D eigenvalue weighted by atomic mass is 10.0. The Bertz CT molecular complexity index is 165. The van der Waals surface area contributed by atoms with E-state index < -0.39 is 0 Å². The summed E-state index contributed by atoms with van der Waals surface area (Å²) in [5.74, 6) is 1.16. The molecule has 0 bridgehead atoms. The maximum absolute atomic E-state index is 11.4. The largest absolute Gasteiger partial charge is 0.298 e. The van der Waals surface area contributed by atoms with E-state index in [1.807, 2.05) is 0 Å². The third-order valence-corrected chi connectivity index (χ3v) is 2.63. The molecule has 1 fully saturated rings. The van der Waals surface area contributed by atoms with Gasteiger partial charge in [0, 0.05) is 13.0 Å². The van der Waals surface area contributed by atoms with Gasteiger partial charge in [-0.25, -0.2) is 0 Å².